The van der Waals surface area contributed by atoms with Crippen molar-refractivity contribution in [3.05, 3.63) is 82.6 Å². The van der Waals surface area contributed by atoms with Gasteiger partial charge in [-0.05, 0) is 74.6 Å². The van der Waals surface area contributed by atoms with E-state index in [1.54, 1.807) is 22.7 Å². The molecule has 3 heterocycles. The molecule has 0 bridgehead atoms. The van der Waals surface area contributed by atoms with Gasteiger partial charge in [-0.3, -0.25) is 9.20 Å². The van der Waals surface area contributed by atoms with Crippen molar-refractivity contribution in [1.82, 2.24) is 19.2 Å². The highest BCUT2D eigenvalue weighted by atomic mass is 16.5. The van der Waals surface area contributed by atoms with Crippen molar-refractivity contribution in [3.63, 3.8) is 0 Å². The average Bonchev–Trinajstić information content (AvgIpc) is 3.49. The molecule has 0 amide bonds. The second-order valence-corrected chi connectivity index (χ2v) is 7.94. The van der Waals surface area contributed by atoms with Crippen LogP contribution < -0.4 is 0 Å². The molecule has 0 saturated heterocycles. The summed E-state index contributed by atoms with van der Waals surface area (Å²) in [7, 11) is 0. The summed E-state index contributed by atoms with van der Waals surface area (Å²) in [5.41, 5.74) is 7.23. The Morgan fingerprint density at radius 3 is 2.77 bits per heavy atom. The monoisotopic (exact) mass is 414 g/mol. The molecule has 0 saturated carbocycles. The Kier molecular flexibility index (Phi) is 4.66. The Balaban J connectivity index is 1.34. The average molecular weight is 414 g/mol. The van der Waals surface area contributed by atoms with E-state index in [1.807, 2.05) is 19.9 Å². The molecule has 0 aliphatic heterocycles. The molecule has 7 heteroatoms. The lowest BCUT2D eigenvalue weighted by Gasteiger charge is -2.12. The summed E-state index contributed by atoms with van der Waals surface area (Å²) >= 11 is 0. The maximum Gasteiger partial charge on any atom is 0.340 e. The molecular weight excluding hydrogens is 392 g/mol. The summed E-state index contributed by atoms with van der Waals surface area (Å²) in [4.78, 5) is 25.2. The van der Waals surface area contributed by atoms with Crippen molar-refractivity contribution in [2.45, 2.75) is 33.1 Å². The number of carbonyl (C=O) groups is 2. The third-order valence-corrected chi connectivity index (χ3v) is 5.93. The Bertz CT molecular complexity index is 1330. The number of ketones is 1. The molecule has 156 valence electrons. The number of rotatable bonds is 5. The standard InChI is InChI=1S/C24H22N4O3/c1-15-10-21(16(2)28(15)20-8-6-17-4-3-5-18(17)11-20)22(29)13-31-24(30)19-7-9-23-26-25-14-27(23)12-19/h6-12,14H,3-5,13H2,1-2H3. The Morgan fingerprint density at radius 1 is 1.06 bits per heavy atom. The van der Waals surface area contributed by atoms with Crippen LogP contribution in [0.3, 0.4) is 0 Å². The van der Waals surface area contributed by atoms with E-state index in [2.05, 4.69) is 33.0 Å². The molecule has 1 aromatic carbocycles. The van der Waals surface area contributed by atoms with Crippen LogP contribution in [0, 0.1) is 13.8 Å². The fraction of sp³-hybridized carbons (Fsp3) is 0.250. The van der Waals surface area contributed by atoms with Crippen molar-refractivity contribution in [1.29, 1.82) is 0 Å². The fourth-order valence-corrected chi connectivity index (χ4v) is 4.38. The lowest BCUT2D eigenvalue weighted by Crippen LogP contribution is -2.15. The zero-order valence-corrected chi connectivity index (χ0v) is 17.5. The van der Waals surface area contributed by atoms with Crippen LogP contribution in [0.2, 0.25) is 0 Å². The number of pyridine rings is 1. The van der Waals surface area contributed by atoms with Gasteiger partial charge in [0.1, 0.15) is 6.33 Å². The van der Waals surface area contributed by atoms with Crippen LogP contribution in [-0.2, 0) is 17.6 Å². The third-order valence-electron chi connectivity index (χ3n) is 5.93. The van der Waals surface area contributed by atoms with Gasteiger partial charge in [0, 0.05) is 28.8 Å². The summed E-state index contributed by atoms with van der Waals surface area (Å²) in [5.74, 6) is -0.782. The van der Waals surface area contributed by atoms with E-state index >= 15 is 0 Å². The molecule has 1 aliphatic rings. The number of aromatic nitrogens is 4. The van der Waals surface area contributed by atoms with Crippen molar-refractivity contribution >= 4 is 17.4 Å². The van der Waals surface area contributed by atoms with Gasteiger partial charge in [-0.1, -0.05) is 6.07 Å². The molecule has 0 spiro atoms. The van der Waals surface area contributed by atoms with Gasteiger partial charge in [0.05, 0.1) is 5.56 Å². The molecule has 5 rings (SSSR count). The fourth-order valence-electron chi connectivity index (χ4n) is 4.38. The highest BCUT2D eigenvalue weighted by Gasteiger charge is 2.20. The first-order chi connectivity index (χ1) is 15.0. The van der Waals surface area contributed by atoms with Gasteiger partial charge >= 0.3 is 5.97 Å². The highest BCUT2D eigenvalue weighted by Crippen LogP contribution is 2.27. The Hall–Kier alpha value is -3.74. The van der Waals surface area contributed by atoms with E-state index in [1.165, 1.54) is 23.9 Å². The Labute approximate surface area is 179 Å². The smallest absolute Gasteiger partial charge is 0.340 e. The van der Waals surface area contributed by atoms with E-state index in [0.717, 1.165) is 29.9 Å². The van der Waals surface area contributed by atoms with Crippen LogP contribution >= 0.6 is 0 Å². The van der Waals surface area contributed by atoms with Crippen LogP contribution in [0.15, 0.2) is 48.9 Å². The lowest BCUT2D eigenvalue weighted by molar-refractivity contribution is 0.0474. The van der Waals surface area contributed by atoms with Crippen LogP contribution in [0.5, 0.6) is 0 Å². The first-order valence-corrected chi connectivity index (χ1v) is 10.3. The number of ether oxygens (including phenoxy) is 1. The molecule has 31 heavy (non-hydrogen) atoms. The largest absolute Gasteiger partial charge is 0.454 e. The van der Waals surface area contributed by atoms with Gasteiger partial charge in [0.25, 0.3) is 0 Å². The SMILES string of the molecule is Cc1cc(C(=O)COC(=O)c2ccc3nncn3c2)c(C)n1-c1ccc2c(c1)CCC2. The van der Waals surface area contributed by atoms with Crippen molar-refractivity contribution in [3.8, 4) is 5.69 Å². The number of esters is 1. The summed E-state index contributed by atoms with van der Waals surface area (Å²) in [6.07, 6.45) is 6.53. The second kappa shape index (κ2) is 7.50. The first kappa shape index (κ1) is 19.2. The number of hydrogen-bond donors (Lipinski definition) is 0. The van der Waals surface area contributed by atoms with Crippen molar-refractivity contribution in [2.75, 3.05) is 6.61 Å². The van der Waals surface area contributed by atoms with E-state index < -0.39 is 5.97 Å². The normalized spacial score (nSPS) is 12.8. The summed E-state index contributed by atoms with van der Waals surface area (Å²) in [6.45, 7) is 3.60. The van der Waals surface area contributed by atoms with Crippen LogP contribution in [0.1, 0.15) is 49.7 Å². The van der Waals surface area contributed by atoms with Crippen molar-refractivity contribution < 1.29 is 14.3 Å². The van der Waals surface area contributed by atoms with Crippen LogP contribution in [0.25, 0.3) is 11.3 Å². The molecule has 0 radical (unpaired) electrons. The predicted molar refractivity (Wildman–Crippen MR) is 115 cm³/mol. The number of fused-ring (bicyclic) bond motifs is 2. The van der Waals surface area contributed by atoms with Gasteiger partial charge in [-0.25, -0.2) is 4.79 Å². The van der Waals surface area contributed by atoms with E-state index in [0.29, 0.717) is 16.8 Å². The summed E-state index contributed by atoms with van der Waals surface area (Å²) in [6, 6.07) is 11.7. The van der Waals surface area contributed by atoms with Gasteiger partial charge in [0.15, 0.2) is 12.3 Å². The zero-order valence-electron chi connectivity index (χ0n) is 17.5. The molecular formula is C24H22N4O3. The molecule has 7 nitrogen and oxygen atoms in total. The maximum absolute atomic E-state index is 12.8. The predicted octanol–water partition coefficient (Wildman–Crippen LogP) is 3.67. The first-order valence-electron chi connectivity index (χ1n) is 10.3. The van der Waals surface area contributed by atoms with E-state index in [9.17, 15) is 9.59 Å². The number of hydrogen-bond acceptors (Lipinski definition) is 5. The summed E-state index contributed by atoms with van der Waals surface area (Å²) in [5, 5.41) is 7.69. The molecule has 0 N–H and O–H groups in total. The molecule has 4 aromatic rings. The zero-order chi connectivity index (χ0) is 21.5. The topological polar surface area (TPSA) is 78.5 Å². The quantitative estimate of drug-likeness (QED) is 0.368. The van der Waals surface area contributed by atoms with E-state index in [-0.39, 0.29) is 12.4 Å². The molecule has 3 aromatic heterocycles. The van der Waals surface area contributed by atoms with Gasteiger partial charge in [-0.2, -0.15) is 0 Å². The van der Waals surface area contributed by atoms with Gasteiger partial charge in [0.2, 0.25) is 5.78 Å². The van der Waals surface area contributed by atoms with Gasteiger partial charge in [-0.15, -0.1) is 10.2 Å². The number of nitrogens with zero attached hydrogens (tertiary/aromatic N) is 4. The van der Waals surface area contributed by atoms with Crippen LogP contribution in [0.4, 0.5) is 0 Å². The number of benzene rings is 1. The lowest BCUT2D eigenvalue weighted by atomic mass is 10.1. The maximum atomic E-state index is 12.8. The minimum Gasteiger partial charge on any atom is -0.454 e. The minimum absolute atomic E-state index is 0.223. The Morgan fingerprint density at radius 2 is 1.90 bits per heavy atom. The number of Topliss-reactive ketones (excluding diaryl/α,β-unsaturated/α-hetero) is 1. The number of aryl methyl sites for hydroxylation is 3. The molecule has 0 atom stereocenters. The second-order valence-electron chi connectivity index (χ2n) is 7.94. The van der Waals surface area contributed by atoms with Gasteiger partial charge < -0.3 is 9.30 Å². The molecule has 1 aliphatic carbocycles. The third kappa shape index (κ3) is 3.42. The highest BCUT2D eigenvalue weighted by molar-refractivity contribution is 6.00. The number of carbonyl (C=O) groups excluding carboxylic acids is 2. The minimum atomic E-state index is -0.559. The summed E-state index contributed by atoms with van der Waals surface area (Å²) < 4.78 is 9.01. The molecule has 0 unspecified atom stereocenters. The van der Waals surface area contributed by atoms with Crippen molar-refractivity contribution in [2.24, 2.45) is 0 Å². The van der Waals surface area contributed by atoms with E-state index in [4.69, 9.17) is 4.74 Å². The van der Waals surface area contributed by atoms with Crippen LogP contribution in [-0.4, -0.2) is 37.5 Å². The molecule has 0 fully saturated rings.